The Hall–Kier alpha value is -3.02. The first kappa shape index (κ1) is 17.4. The number of hydrogen-bond acceptors (Lipinski definition) is 5. The lowest BCUT2D eigenvalue weighted by Gasteiger charge is -2.33. The zero-order chi connectivity index (χ0) is 18.8. The van der Waals surface area contributed by atoms with Crippen molar-refractivity contribution in [1.82, 2.24) is 19.9 Å². The lowest BCUT2D eigenvalue weighted by atomic mass is 10.0. The number of amides is 1. The van der Waals surface area contributed by atoms with E-state index < -0.39 is 0 Å². The van der Waals surface area contributed by atoms with Crippen LogP contribution < -0.4 is 5.32 Å². The topological polar surface area (TPSA) is 71.0 Å². The van der Waals surface area contributed by atoms with Crippen LogP contribution in [0.4, 0.5) is 5.82 Å². The lowest BCUT2D eigenvalue weighted by Crippen LogP contribution is -2.44. The Morgan fingerprint density at radius 3 is 3.00 bits per heavy atom. The van der Waals surface area contributed by atoms with Crippen LogP contribution >= 0.6 is 0 Å². The van der Waals surface area contributed by atoms with Crippen LogP contribution in [0.2, 0.25) is 0 Å². The zero-order valence-electron chi connectivity index (χ0n) is 15.5. The second-order valence-electron chi connectivity index (χ2n) is 7.03. The van der Waals surface area contributed by atoms with Crippen molar-refractivity contribution in [3.63, 3.8) is 0 Å². The van der Waals surface area contributed by atoms with Crippen LogP contribution in [0, 0.1) is 6.92 Å². The normalized spacial score (nSPS) is 18.6. The number of carbonyl (C=O) groups is 1. The van der Waals surface area contributed by atoms with Crippen LogP contribution in [0.1, 0.15) is 35.4 Å². The standard InChI is InChI=1S/C21H23N5O/c1-3-19(27)26-10-4-5-16(12-26)25-21-20-17(8-9-18(20)23-13-24-21)15-7-6-14(2)22-11-15/h3,6-8,11,13,16H,1,4-5,9-10,12H2,2H3,(H,23,24,25)/t16-/m1/s1. The van der Waals surface area contributed by atoms with Crippen molar-refractivity contribution in [3.05, 3.63) is 65.9 Å². The summed E-state index contributed by atoms with van der Waals surface area (Å²) in [5.74, 6) is 0.822. The maximum absolute atomic E-state index is 12.0. The fourth-order valence-electron chi connectivity index (χ4n) is 3.78. The van der Waals surface area contributed by atoms with Gasteiger partial charge < -0.3 is 10.2 Å². The molecule has 1 atom stereocenters. The molecule has 1 N–H and O–H groups in total. The van der Waals surface area contributed by atoms with E-state index in [1.165, 1.54) is 6.08 Å². The van der Waals surface area contributed by atoms with Crippen LogP contribution in [0.15, 0.2) is 43.4 Å². The number of piperidine rings is 1. The van der Waals surface area contributed by atoms with Gasteiger partial charge in [0.25, 0.3) is 0 Å². The molecule has 4 rings (SSSR count). The Morgan fingerprint density at radius 1 is 1.33 bits per heavy atom. The van der Waals surface area contributed by atoms with Gasteiger partial charge in [-0.3, -0.25) is 9.78 Å². The molecule has 1 saturated heterocycles. The number of aryl methyl sites for hydroxylation is 1. The SMILES string of the molecule is C=CC(=O)N1CCC[C@@H](Nc2ncnc3c2C(c2ccc(C)nc2)=CC3)C1. The molecule has 1 fully saturated rings. The average Bonchev–Trinajstić information content (AvgIpc) is 3.13. The van der Waals surface area contributed by atoms with Crippen molar-refractivity contribution >= 4 is 17.3 Å². The number of anilines is 1. The fraction of sp³-hybridized carbons (Fsp3) is 0.333. The number of rotatable bonds is 4. The highest BCUT2D eigenvalue weighted by Crippen LogP contribution is 2.36. The van der Waals surface area contributed by atoms with Gasteiger partial charge in [-0.05, 0) is 37.5 Å². The molecule has 138 valence electrons. The van der Waals surface area contributed by atoms with Gasteiger partial charge >= 0.3 is 0 Å². The Labute approximate surface area is 159 Å². The van der Waals surface area contributed by atoms with Gasteiger partial charge in [0.05, 0.1) is 5.69 Å². The van der Waals surface area contributed by atoms with Crippen LogP contribution in [0.5, 0.6) is 0 Å². The molecule has 0 radical (unpaired) electrons. The number of hydrogen-bond donors (Lipinski definition) is 1. The highest BCUT2D eigenvalue weighted by Gasteiger charge is 2.26. The van der Waals surface area contributed by atoms with Crippen molar-refractivity contribution in [2.24, 2.45) is 0 Å². The molecule has 0 saturated carbocycles. The van der Waals surface area contributed by atoms with E-state index in [0.717, 1.165) is 59.7 Å². The third-order valence-electron chi connectivity index (χ3n) is 5.17. The number of nitrogens with zero attached hydrogens (tertiary/aromatic N) is 4. The van der Waals surface area contributed by atoms with E-state index in [2.05, 4.69) is 39.0 Å². The molecule has 0 spiro atoms. The zero-order valence-corrected chi connectivity index (χ0v) is 15.5. The molecule has 1 amide bonds. The van der Waals surface area contributed by atoms with Gasteiger partial charge in [0, 0.05) is 48.6 Å². The maximum Gasteiger partial charge on any atom is 0.246 e. The predicted octanol–water partition coefficient (Wildman–Crippen LogP) is 2.76. The van der Waals surface area contributed by atoms with Crippen molar-refractivity contribution in [2.45, 2.75) is 32.2 Å². The first-order chi connectivity index (χ1) is 13.2. The highest BCUT2D eigenvalue weighted by atomic mass is 16.2. The Balaban J connectivity index is 1.60. The minimum Gasteiger partial charge on any atom is -0.365 e. The van der Waals surface area contributed by atoms with Crippen LogP contribution in [0.25, 0.3) is 5.57 Å². The van der Waals surface area contributed by atoms with Crippen LogP contribution in [-0.4, -0.2) is 44.9 Å². The number of likely N-dealkylation sites (tertiary alicyclic amines) is 1. The molecule has 6 nitrogen and oxygen atoms in total. The molecule has 27 heavy (non-hydrogen) atoms. The second-order valence-corrected chi connectivity index (χ2v) is 7.03. The molecule has 2 aliphatic rings. The number of pyridine rings is 1. The van der Waals surface area contributed by atoms with Gasteiger partial charge in [-0.25, -0.2) is 9.97 Å². The van der Waals surface area contributed by atoms with E-state index in [4.69, 9.17) is 0 Å². The molecular weight excluding hydrogens is 338 g/mol. The summed E-state index contributed by atoms with van der Waals surface area (Å²) in [7, 11) is 0. The molecule has 0 bridgehead atoms. The summed E-state index contributed by atoms with van der Waals surface area (Å²) in [6, 6.07) is 4.27. The first-order valence-electron chi connectivity index (χ1n) is 9.31. The van der Waals surface area contributed by atoms with Gasteiger partial charge in [-0.2, -0.15) is 0 Å². The Morgan fingerprint density at radius 2 is 2.22 bits per heavy atom. The molecule has 6 heteroatoms. The molecule has 1 aliphatic carbocycles. The molecule has 0 unspecified atom stereocenters. The minimum atomic E-state index is -0.0132. The smallest absolute Gasteiger partial charge is 0.246 e. The van der Waals surface area contributed by atoms with Gasteiger partial charge in [-0.1, -0.05) is 18.7 Å². The molecule has 2 aromatic heterocycles. The summed E-state index contributed by atoms with van der Waals surface area (Å²) in [5.41, 5.74) is 5.27. The van der Waals surface area contributed by atoms with E-state index in [1.54, 1.807) is 6.33 Å². The van der Waals surface area contributed by atoms with Crippen molar-refractivity contribution in [2.75, 3.05) is 18.4 Å². The average molecular weight is 361 g/mol. The Bertz CT molecular complexity index is 903. The molecular formula is C21H23N5O. The summed E-state index contributed by atoms with van der Waals surface area (Å²) in [6.07, 6.45) is 9.85. The molecule has 2 aromatic rings. The van der Waals surface area contributed by atoms with Gasteiger partial charge in [0.1, 0.15) is 12.1 Å². The van der Waals surface area contributed by atoms with Gasteiger partial charge in [0.2, 0.25) is 5.91 Å². The Kier molecular flexibility index (Phi) is 4.71. The van der Waals surface area contributed by atoms with Crippen LogP contribution in [-0.2, 0) is 11.2 Å². The number of nitrogens with one attached hydrogen (secondary N) is 1. The van der Waals surface area contributed by atoms with Gasteiger partial charge in [0.15, 0.2) is 0 Å². The second kappa shape index (κ2) is 7.31. The predicted molar refractivity (Wildman–Crippen MR) is 105 cm³/mol. The summed E-state index contributed by atoms with van der Waals surface area (Å²) in [4.78, 5) is 27.2. The van der Waals surface area contributed by atoms with Gasteiger partial charge in [-0.15, -0.1) is 0 Å². The number of carbonyl (C=O) groups excluding carboxylic acids is 1. The number of allylic oxidation sites excluding steroid dienone is 1. The third kappa shape index (κ3) is 3.47. The largest absolute Gasteiger partial charge is 0.365 e. The van der Waals surface area contributed by atoms with E-state index >= 15 is 0 Å². The number of aromatic nitrogens is 3. The summed E-state index contributed by atoms with van der Waals surface area (Å²) < 4.78 is 0. The van der Waals surface area contributed by atoms with Crippen molar-refractivity contribution in [3.8, 4) is 0 Å². The summed E-state index contributed by atoms with van der Waals surface area (Å²) in [6.45, 7) is 7.02. The highest BCUT2D eigenvalue weighted by molar-refractivity contribution is 5.89. The molecule has 0 aromatic carbocycles. The third-order valence-corrected chi connectivity index (χ3v) is 5.17. The first-order valence-corrected chi connectivity index (χ1v) is 9.31. The number of fused-ring (bicyclic) bond motifs is 1. The molecule has 1 aliphatic heterocycles. The monoisotopic (exact) mass is 361 g/mol. The quantitative estimate of drug-likeness (QED) is 0.848. The molecule has 3 heterocycles. The van der Waals surface area contributed by atoms with Crippen molar-refractivity contribution in [1.29, 1.82) is 0 Å². The summed E-state index contributed by atoms with van der Waals surface area (Å²) in [5, 5.41) is 3.56. The van der Waals surface area contributed by atoms with E-state index in [9.17, 15) is 4.79 Å². The van der Waals surface area contributed by atoms with E-state index in [0.29, 0.717) is 6.54 Å². The fourth-order valence-corrected chi connectivity index (χ4v) is 3.78. The van der Waals surface area contributed by atoms with Crippen molar-refractivity contribution < 1.29 is 4.79 Å². The van der Waals surface area contributed by atoms with E-state index in [1.807, 2.05) is 24.1 Å². The van der Waals surface area contributed by atoms with E-state index in [-0.39, 0.29) is 11.9 Å². The van der Waals surface area contributed by atoms with Crippen LogP contribution in [0.3, 0.4) is 0 Å². The minimum absolute atomic E-state index is 0.0132. The lowest BCUT2D eigenvalue weighted by molar-refractivity contribution is -0.127. The maximum atomic E-state index is 12.0. The summed E-state index contributed by atoms with van der Waals surface area (Å²) >= 11 is 0.